The Kier molecular flexibility index (Phi) is 4.24. The zero-order valence-corrected chi connectivity index (χ0v) is 10.9. The van der Waals surface area contributed by atoms with E-state index in [0.29, 0.717) is 0 Å². The van der Waals surface area contributed by atoms with Crippen LogP contribution >= 0.6 is 0 Å². The third kappa shape index (κ3) is 3.45. The van der Waals surface area contributed by atoms with E-state index in [1.54, 1.807) is 6.33 Å². The number of hydrogen-bond acceptors (Lipinski definition) is 4. The molecule has 1 heterocycles. The molecule has 0 atom stereocenters. The molecule has 0 unspecified atom stereocenters. The van der Waals surface area contributed by atoms with Gasteiger partial charge in [0.2, 0.25) is 0 Å². The molecule has 16 heavy (non-hydrogen) atoms. The molecule has 4 nitrogen and oxygen atoms in total. The molecule has 0 aromatic carbocycles. The molecule has 0 radical (unpaired) electrons. The van der Waals surface area contributed by atoms with Gasteiger partial charge in [-0.05, 0) is 34.4 Å². The third-order valence-electron chi connectivity index (χ3n) is 3.00. The first kappa shape index (κ1) is 12.9. The van der Waals surface area contributed by atoms with Crippen molar-refractivity contribution in [2.75, 3.05) is 26.0 Å². The molecule has 0 amide bonds. The van der Waals surface area contributed by atoms with Gasteiger partial charge in [0.1, 0.15) is 12.1 Å². The quantitative estimate of drug-likeness (QED) is 0.824. The van der Waals surface area contributed by atoms with Crippen molar-refractivity contribution in [3.63, 3.8) is 0 Å². The summed E-state index contributed by atoms with van der Waals surface area (Å²) < 4.78 is 0. The molecule has 0 fully saturated rings. The molecule has 0 saturated heterocycles. The van der Waals surface area contributed by atoms with Crippen molar-refractivity contribution in [3.8, 4) is 0 Å². The summed E-state index contributed by atoms with van der Waals surface area (Å²) in [6.45, 7) is 7.35. The predicted octanol–water partition coefficient (Wildman–Crippen LogP) is 1.79. The summed E-state index contributed by atoms with van der Waals surface area (Å²) in [5, 5.41) is 3.35. The Bertz CT molecular complexity index is 334. The van der Waals surface area contributed by atoms with Gasteiger partial charge in [-0.15, -0.1) is 0 Å². The van der Waals surface area contributed by atoms with E-state index in [-0.39, 0.29) is 5.54 Å². The summed E-state index contributed by atoms with van der Waals surface area (Å²) in [5.74, 6) is 0.904. The van der Waals surface area contributed by atoms with Crippen LogP contribution in [0.2, 0.25) is 0 Å². The highest BCUT2D eigenvalue weighted by Crippen LogP contribution is 2.12. The van der Waals surface area contributed by atoms with E-state index in [9.17, 15) is 0 Å². The molecule has 1 aromatic rings. The Morgan fingerprint density at radius 1 is 1.31 bits per heavy atom. The van der Waals surface area contributed by atoms with Gasteiger partial charge in [-0.2, -0.15) is 0 Å². The summed E-state index contributed by atoms with van der Waals surface area (Å²) in [6.07, 6.45) is 2.55. The number of likely N-dealkylation sites (N-methyl/N-ethyl adjacent to an activating group) is 1. The number of nitrogens with one attached hydrogen (secondary N) is 1. The van der Waals surface area contributed by atoms with Crippen LogP contribution in [0.3, 0.4) is 0 Å². The normalized spacial score (nSPS) is 11.9. The fourth-order valence-corrected chi connectivity index (χ4v) is 1.15. The third-order valence-corrected chi connectivity index (χ3v) is 3.00. The summed E-state index contributed by atoms with van der Waals surface area (Å²) in [7, 11) is 4.16. The first-order valence-corrected chi connectivity index (χ1v) is 5.68. The molecule has 1 N–H and O–H groups in total. The van der Waals surface area contributed by atoms with Crippen molar-refractivity contribution in [1.29, 1.82) is 0 Å². The number of rotatable bonds is 5. The molecule has 0 saturated carbocycles. The van der Waals surface area contributed by atoms with Crippen molar-refractivity contribution < 1.29 is 0 Å². The Morgan fingerprint density at radius 3 is 2.56 bits per heavy atom. The lowest BCUT2D eigenvalue weighted by Crippen LogP contribution is -2.44. The average Bonchev–Trinajstić information content (AvgIpc) is 2.26. The zero-order chi connectivity index (χ0) is 12.2. The van der Waals surface area contributed by atoms with Crippen LogP contribution in [-0.2, 0) is 6.42 Å². The average molecular weight is 222 g/mol. The van der Waals surface area contributed by atoms with Crippen molar-refractivity contribution in [2.45, 2.75) is 32.7 Å². The summed E-state index contributed by atoms with van der Waals surface area (Å²) in [6, 6.07) is 2.01. The standard InChI is InChI=1S/C12H22N4/c1-6-10-7-11(15-9-14-10)13-8-12(2,3)16(4)5/h7,9H,6,8H2,1-5H3,(H,13,14,15). The molecule has 0 aliphatic rings. The summed E-state index contributed by atoms with van der Waals surface area (Å²) >= 11 is 0. The maximum absolute atomic E-state index is 4.21. The molecule has 0 bridgehead atoms. The van der Waals surface area contributed by atoms with Crippen LogP contribution < -0.4 is 5.32 Å². The molecular weight excluding hydrogens is 200 g/mol. The van der Waals surface area contributed by atoms with E-state index in [1.807, 2.05) is 6.07 Å². The maximum atomic E-state index is 4.21. The van der Waals surface area contributed by atoms with Crippen molar-refractivity contribution >= 4 is 5.82 Å². The van der Waals surface area contributed by atoms with Gasteiger partial charge >= 0.3 is 0 Å². The second-order valence-corrected chi connectivity index (χ2v) is 4.81. The SMILES string of the molecule is CCc1cc(NCC(C)(C)N(C)C)ncn1. The van der Waals surface area contributed by atoms with Crippen molar-refractivity contribution in [1.82, 2.24) is 14.9 Å². The minimum atomic E-state index is 0.108. The van der Waals surface area contributed by atoms with Crippen molar-refractivity contribution in [2.24, 2.45) is 0 Å². The lowest BCUT2D eigenvalue weighted by Gasteiger charge is -2.32. The zero-order valence-electron chi connectivity index (χ0n) is 10.9. The van der Waals surface area contributed by atoms with Gasteiger partial charge < -0.3 is 10.2 Å². The maximum Gasteiger partial charge on any atom is 0.129 e. The van der Waals surface area contributed by atoms with Crippen LogP contribution in [0.1, 0.15) is 26.5 Å². The van der Waals surface area contributed by atoms with Crippen LogP contribution in [0.4, 0.5) is 5.82 Å². The fourth-order valence-electron chi connectivity index (χ4n) is 1.15. The van der Waals surface area contributed by atoms with E-state index in [4.69, 9.17) is 0 Å². The number of aryl methyl sites for hydroxylation is 1. The lowest BCUT2D eigenvalue weighted by atomic mass is 10.0. The Morgan fingerprint density at radius 2 is 2.00 bits per heavy atom. The minimum Gasteiger partial charge on any atom is -0.368 e. The Balaban J connectivity index is 2.60. The Hall–Kier alpha value is -1.16. The van der Waals surface area contributed by atoms with Gasteiger partial charge in [0.15, 0.2) is 0 Å². The lowest BCUT2D eigenvalue weighted by molar-refractivity contribution is 0.210. The second-order valence-electron chi connectivity index (χ2n) is 4.81. The van der Waals surface area contributed by atoms with E-state index in [1.165, 1.54) is 0 Å². The van der Waals surface area contributed by atoms with Crippen LogP contribution in [0.5, 0.6) is 0 Å². The number of aromatic nitrogens is 2. The monoisotopic (exact) mass is 222 g/mol. The van der Waals surface area contributed by atoms with Gasteiger partial charge in [-0.1, -0.05) is 6.92 Å². The molecule has 0 spiro atoms. The van der Waals surface area contributed by atoms with Crippen molar-refractivity contribution in [3.05, 3.63) is 18.1 Å². The van der Waals surface area contributed by atoms with Gasteiger partial charge in [0.05, 0.1) is 0 Å². The van der Waals surface area contributed by atoms with Crippen LogP contribution in [0, 0.1) is 0 Å². The number of anilines is 1. The number of nitrogens with zero attached hydrogens (tertiary/aromatic N) is 3. The molecule has 90 valence electrons. The highest BCUT2D eigenvalue weighted by molar-refractivity contribution is 5.35. The first-order valence-electron chi connectivity index (χ1n) is 5.68. The van der Waals surface area contributed by atoms with Crippen LogP contribution in [0.15, 0.2) is 12.4 Å². The fraction of sp³-hybridized carbons (Fsp3) is 0.667. The second kappa shape index (κ2) is 5.25. The molecule has 0 aliphatic heterocycles. The first-order chi connectivity index (χ1) is 7.45. The van der Waals surface area contributed by atoms with Gasteiger partial charge in [-0.3, -0.25) is 0 Å². The number of hydrogen-bond donors (Lipinski definition) is 1. The highest BCUT2D eigenvalue weighted by atomic mass is 15.2. The molecule has 1 aromatic heterocycles. The predicted molar refractivity (Wildman–Crippen MR) is 67.7 cm³/mol. The smallest absolute Gasteiger partial charge is 0.129 e. The molecule has 1 rings (SSSR count). The topological polar surface area (TPSA) is 41.0 Å². The van der Waals surface area contributed by atoms with E-state index < -0.39 is 0 Å². The van der Waals surface area contributed by atoms with Crippen LogP contribution in [-0.4, -0.2) is 41.0 Å². The van der Waals surface area contributed by atoms with Gasteiger partial charge in [-0.25, -0.2) is 9.97 Å². The van der Waals surface area contributed by atoms with E-state index in [0.717, 1.165) is 24.5 Å². The van der Waals surface area contributed by atoms with Gasteiger partial charge in [0, 0.05) is 23.8 Å². The molecule has 0 aliphatic carbocycles. The van der Waals surface area contributed by atoms with Crippen LogP contribution in [0.25, 0.3) is 0 Å². The minimum absolute atomic E-state index is 0.108. The van der Waals surface area contributed by atoms with E-state index in [2.05, 4.69) is 55.1 Å². The Labute approximate surface area is 98.1 Å². The summed E-state index contributed by atoms with van der Waals surface area (Å²) in [5.41, 5.74) is 1.18. The van der Waals surface area contributed by atoms with E-state index >= 15 is 0 Å². The molecule has 4 heteroatoms. The highest BCUT2D eigenvalue weighted by Gasteiger charge is 2.19. The largest absolute Gasteiger partial charge is 0.368 e. The van der Waals surface area contributed by atoms with Gasteiger partial charge in [0.25, 0.3) is 0 Å². The molecular formula is C12H22N4. The summed E-state index contributed by atoms with van der Waals surface area (Å²) in [4.78, 5) is 10.6.